The molecule has 2 amide bonds. The van der Waals surface area contributed by atoms with Crippen LogP contribution in [0.1, 0.15) is 51.2 Å². The zero-order valence-corrected chi connectivity index (χ0v) is 14.7. The highest BCUT2D eigenvalue weighted by Crippen LogP contribution is 2.25. The summed E-state index contributed by atoms with van der Waals surface area (Å²) in [7, 11) is 0. The lowest BCUT2D eigenvalue weighted by atomic mass is 9.94. The lowest BCUT2D eigenvalue weighted by Crippen LogP contribution is -2.47. The number of carbonyl (C=O) groups is 1. The molecule has 0 saturated carbocycles. The van der Waals surface area contributed by atoms with Gasteiger partial charge >= 0.3 is 6.03 Å². The second-order valence-corrected chi connectivity index (χ2v) is 8.00. The number of urea groups is 1. The Morgan fingerprint density at radius 1 is 1.59 bits per heavy atom. The van der Waals surface area contributed by atoms with Crippen LogP contribution in [-0.2, 0) is 12.0 Å². The molecule has 2 unspecified atom stereocenters. The van der Waals surface area contributed by atoms with Crippen molar-refractivity contribution in [1.29, 1.82) is 0 Å². The Morgan fingerprint density at radius 2 is 2.32 bits per heavy atom. The van der Waals surface area contributed by atoms with E-state index >= 15 is 0 Å². The lowest BCUT2D eigenvalue weighted by Gasteiger charge is -2.34. The summed E-state index contributed by atoms with van der Waals surface area (Å²) in [6, 6.07) is -0.0596. The molecule has 0 radical (unpaired) electrons. The van der Waals surface area contributed by atoms with Crippen molar-refractivity contribution in [2.75, 3.05) is 13.1 Å². The molecule has 0 aromatic carbocycles. The fraction of sp³-hybridized carbons (Fsp3) is 0.750. The minimum Gasteiger partial charge on any atom is -0.393 e. The maximum absolute atomic E-state index is 12.3. The molecule has 2 heterocycles. The van der Waals surface area contributed by atoms with E-state index in [1.165, 1.54) is 0 Å². The van der Waals surface area contributed by atoms with Gasteiger partial charge in [-0.25, -0.2) is 9.78 Å². The summed E-state index contributed by atoms with van der Waals surface area (Å²) < 4.78 is 0. The standard InChI is InChI=1S/C16H27N3O2S/c1-11(20)12-6-5-7-19(9-12)15(21)17-8-13-10-22-14(18-13)16(2,3)4/h10-12,20H,5-9H2,1-4H3,(H,17,21). The summed E-state index contributed by atoms with van der Waals surface area (Å²) in [6.07, 6.45) is 1.58. The van der Waals surface area contributed by atoms with Gasteiger partial charge in [0.15, 0.2) is 0 Å². The maximum Gasteiger partial charge on any atom is 0.317 e. The smallest absolute Gasteiger partial charge is 0.317 e. The quantitative estimate of drug-likeness (QED) is 0.898. The zero-order valence-electron chi connectivity index (χ0n) is 13.9. The van der Waals surface area contributed by atoms with Crippen molar-refractivity contribution >= 4 is 17.4 Å². The zero-order chi connectivity index (χ0) is 16.3. The highest BCUT2D eigenvalue weighted by Gasteiger charge is 2.26. The molecule has 22 heavy (non-hydrogen) atoms. The van der Waals surface area contributed by atoms with Crippen molar-refractivity contribution in [3.63, 3.8) is 0 Å². The van der Waals surface area contributed by atoms with Gasteiger partial charge < -0.3 is 15.3 Å². The highest BCUT2D eigenvalue weighted by atomic mass is 32.1. The molecule has 1 aromatic heterocycles. The minimum absolute atomic E-state index is 0.0459. The van der Waals surface area contributed by atoms with Gasteiger partial charge in [-0.15, -0.1) is 11.3 Å². The molecule has 2 rings (SSSR count). The van der Waals surface area contributed by atoms with Crippen molar-refractivity contribution in [2.24, 2.45) is 5.92 Å². The van der Waals surface area contributed by atoms with Crippen molar-refractivity contribution in [1.82, 2.24) is 15.2 Å². The number of hydrogen-bond acceptors (Lipinski definition) is 4. The third kappa shape index (κ3) is 4.43. The van der Waals surface area contributed by atoms with Gasteiger partial charge in [-0.1, -0.05) is 20.8 Å². The molecule has 1 aliphatic rings. The van der Waals surface area contributed by atoms with E-state index in [9.17, 15) is 9.90 Å². The summed E-state index contributed by atoms with van der Waals surface area (Å²) in [5.41, 5.74) is 0.956. The topological polar surface area (TPSA) is 65.5 Å². The van der Waals surface area contributed by atoms with Gasteiger partial charge in [-0.2, -0.15) is 0 Å². The predicted molar refractivity (Wildman–Crippen MR) is 89.0 cm³/mol. The Morgan fingerprint density at radius 3 is 2.91 bits per heavy atom. The third-order valence-electron chi connectivity index (χ3n) is 4.04. The fourth-order valence-electron chi connectivity index (χ4n) is 2.60. The first-order valence-corrected chi connectivity index (χ1v) is 8.81. The Hall–Kier alpha value is -1.14. The van der Waals surface area contributed by atoms with Crippen LogP contribution in [0.15, 0.2) is 5.38 Å². The molecule has 2 atom stereocenters. The molecule has 1 fully saturated rings. The van der Waals surface area contributed by atoms with Crippen LogP contribution in [0.2, 0.25) is 0 Å². The lowest BCUT2D eigenvalue weighted by molar-refractivity contribution is 0.0738. The number of carbonyl (C=O) groups excluding carboxylic acids is 1. The molecule has 124 valence electrons. The Labute approximate surface area is 136 Å². The van der Waals surface area contributed by atoms with Crippen molar-refractivity contribution in [3.8, 4) is 0 Å². The van der Waals surface area contributed by atoms with Crippen molar-refractivity contribution < 1.29 is 9.90 Å². The number of aliphatic hydroxyl groups excluding tert-OH is 1. The van der Waals surface area contributed by atoms with E-state index in [-0.39, 0.29) is 23.5 Å². The molecule has 1 aromatic rings. The van der Waals surface area contributed by atoms with Gasteiger partial charge in [0, 0.05) is 29.8 Å². The van der Waals surface area contributed by atoms with E-state index in [1.54, 1.807) is 23.2 Å². The second kappa shape index (κ2) is 6.96. The van der Waals surface area contributed by atoms with Gasteiger partial charge in [0.25, 0.3) is 0 Å². The van der Waals surface area contributed by atoms with Crippen LogP contribution in [-0.4, -0.2) is 40.2 Å². The number of aromatic nitrogens is 1. The van der Waals surface area contributed by atoms with Crippen LogP contribution >= 0.6 is 11.3 Å². The Balaban J connectivity index is 1.86. The third-order valence-corrected chi connectivity index (χ3v) is 5.36. The van der Waals surface area contributed by atoms with E-state index < -0.39 is 0 Å². The van der Waals surface area contributed by atoms with E-state index in [0.717, 1.165) is 30.1 Å². The molecule has 0 spiro atoms. The van der Waals surface area contributed by atoms with Crippen LogP contribution in [0.3, 0.4) is 0 Å². The average molecular weight is 325 g/mol. The number of thiazole rings is 1. The van der Waals surface area contributed by atoms with Crippen molar-refractivity contribution in [3.05, 3.63) is 16.1 Å². The molecular formula is C16H27N3O2S. The van der Waals surface area contributed by atoms with Gasteiger partial charge in [-0.3, -0.25) is 0 Å². The monoisotopic (exact) mass is 325 g/mol. The van der Waals surface area contributed by atoms with Crippen molar-refractivity contribution in [2.45, 2.75) is 58.6 Å². The molecule has 0 aliphatic carbocycles. The molecule has 5 nitrogen and oxygen atoms in total. The summed E-state index contributed by atoms with van der Waals surface area (Å²) in [6.45, 7) is 10.1. The summed E-state index contributed by atoms with van der Waals surface area (Å²) in [5, 5.41) is 15.7. The summed E-state index contributed by atoms with van der Waals surface area (Å²) in [5.74, 6) is 0.186. The molecule has 0 bridgehead atoms. The van der Waals surface area contributed by atoms with E-state index in [2.05, 4.69) is 31.1 Å². The fourth-order valence-corrected chi connectivity index (χ4v) is 3.51. The number of nitrogens with zero attached hydrogens (tertiary/aromatic N) is 2. The number of hydrogen-bond donors (Lipinski definition) is 2. The summed E-state index contributed by atoms with van der Waals surface area (Å²) >= 11 is 1.64. The second-order valence-electron chi connectivity index (χ2n) is 7.14. The number of likely N-dealkylation sites (tertiary alicyclic amines) is 1. The molecule has 6 heteroatoms. The average Bonchev–Trinajstić information content (AvgIpc) is 2.94. The predicted octanol–water partition coefficient (Wildman–Crippen LogP) is 2.74. The highest BCUT2D eigenvalue weighted by molar-refractivity contribution is 7.09. The Bertz CT molecular complexity index is 508. The van der Waals surface area contributed by atoms with Gasteiger partial charge in [-0.05, 0) is 19.8 Å². The van der Waals surface area contributed by atoms with Gasteiger partial charge in [0.1, 0.15) is 0 Å². The molecule has 1 aliphatic heterocycles. The number of piperidine rings is 1. The number of nitrogens with one attached hydrogen (secondary N) is 1. The molecule has 1 saturated heterocycles. The first-order chi connectivity index (χ1) is 10.3. The minimum atomic E-state index is -0.358. The number of aliphatic hydroxyl groups is 1. The van der Waals surface area contributed by atoms with Crippen LogP contribution in [0.25, 0.3) is 0 Å². The van der Waals surface area contributed by atoms with Crippen LogP contribution in [0, 0.1) is 5.92 Å². The van der Waals surface area contributed by atoms with Gasteiger partial charge in [0.2, 0.25) is 0 Å². The van der Waals surface area contributed by atoms with Crippen LogP contribution < -0.4 is 5.32 Å². The molecule has 2 N–H and O–H groups in total. The van der Waals surface area contributed by atoms with Crippen LogP contribution in [0.4, 0.5) is 4.79 Å². The first kappa shape index (κ1) is 17.2. The van der Waals surface area contributed by atoms with Crippen LogP contribution in [0.5, 0.6) is 0 Å². The number of amides is 2. The Kier molecular flexibility index (Phi) is 5.45. The van der Waals surface area contributed by atoms with E-state index in [0.29, 0.717) is 13.1 Å². The maximum atomic E-state index is 12.3. The SMILES string of the molecule is CC(O)C1CCCN(C(=O)NCc2csc(C(C)(C)C)n2)C1. The van der Waals surface area contributed by atoms with Gasteiger partial charge in [0.05, 0.1) is 23.4 Å². The molecular weight excluding hydrogens is 298 g/mol. The van der Waals surface area contributed by atoms with E-state index in [4.69, 9.17) is 0 Å². The number of rotatable bonds is 3. The largest absolute Gasteiger partial charge is 0.393 e. The first-order valence-electron chi connectivity index (χ1n) is 7.93. The van der Waals surface area contributed by atoms with E-state index in [1.807, 2.05) is 5.38 Å². The summed E-state index contributed by atoms with van der Waals surface area (Å²) in [4.78, 5) is 18.6. The normalized spacial score (nSPS) is 20.8.